The molecule has 1 unspecified atom stereocenters. The minimum atomic E-state index is -0.0731. The van der Waals surface area contributed by atoms with Gasteiger partial charge in [0.25, 0.3) is 0 Å². The molecular formula is C26H41N7. The van der Waals surface area contributed by atoms with Gasteiger partial charge in [-0.3, -0.25) is 5.41 Å². The average Bonchev–Trinajstić information content (AvgIpc) is 2.91. The SMILES string of the molecule is C=C(CCN(C(C)=N)C1=C(N)C(NCC(/C=C\C)=C/C=C/C)CNC(C)=C1)NC1=C(N)CC1. The average molecular weight is 452 g/mol. The number of nitrogens with two attached hydrogens (primary N) is 2. The lowest BCUT2D eigenvalue weighted by Crippen LogP contribution is -2.43. The van der Waals surface area contributed by atoms with Crippen molar-refractivity contribution < 1.29 is 0 Å². The third-order valence-electron chi connectivity index (χ3n) is 5.74. The summed E-state index contributed by atoms with van der Waals surface area (Å²) in [4.78, 5) is 1.95. The van der Waals surface area contributed by atoms with Gasteiger partial charge in [-0.1, -0.05) is 37.0 Å². The predicted molar refractivity (Wildman–Crippen MR) is 140 cm³/mol. The fraction of sp³-hybridized carbons (Fsp3) is 0.423. The second kappa shape index (κ2) is 12.7. The van der Waals surface area contributed by atoms with Gasteiger partial charge in [-0.25, -0.2) is 0 Å². The Hall–Kier alpha value is -3.19. The highest BCUT2D eigenvalue weighted by molar-refractivity contribution is 5.79. The zero-order valence-corrected chi connectivity index (χ0v) is 20.6. The van der Waals surface area contributed by atoms with Gasteiger partial charge in [-0.15, -0.1) is 0 Å². The number of amidine groups is 1. The minimum absolute atomic E-state index is 0.0731. The molecule has 7 nitrogen and oxygen atoms in total. The van der Waals surface area contributed by atoms with Gasteiger partial charge in [0.2, 0.25) is 0 Å². The minimum Gasteiger partial charge on any atom is -0.401 e. The van der Waals surface area contributed by atoms with Gasteiger partial charge in [-0.05, 0) is 52.2 Å². The zero-order valence-electron chi connectivity index (χ0n) is 20.6. The highest BCUT2D eigenvalue weighted by Crippen LogP contribution is 2.23. The van der Waals surface area contributed by atoms with E-state index < -0.39 is 0 Å². The second-order valence-electron chi connectivity index (χ2n) is 8.47. The van der Waals surface area contributed by atoms with Gasteiger partial charge >= 0.3 is 0 Å². The maximum Gasteiger partial charge on any atom is 0.0971 e. The maximum absolute atomic E-state index is 8.41. The Kier molecular flexibility index (Phi) is 10.1. The molecule has 0 bridgehead atoms. The van der Waals surface area contributed by atoms with Crippen LogP contribution in [0.15, 0.2) is 82.8 Å². The third kappa shape index (κ3) is 7.71. The molecule has 0 saturated heterocycles. The molecule has 2 aliphatic rings. The van der Waals surface area contributed by atoms with Crippen LogP contribution in [0, 0.1) is 5.41 Å². The van der Waals surface area contributed by atoms with E-state index in [9.17, 15) is 0 Å². The summed E-state index contributed by atoms with van der Waals surface area (Å²) in [5, 5.41) is 18.7. The lowest BCUT2D eigenvalue weighted by atomic mass is 10.0. The van der Waals surface area contributed by atoms with Crippen molar-refractivity contribution in [1.29, 1.82) is 5.41 Å². The smallest absolute Gasteiger partial charge is 0.0971 e. The van der Waals surface area contributed by atoms with E-state index in [4.69, 9.17) is 16.9 Å². The standard InChI is InChI=1S/C26H41N7/c1-6-8-10-21(9-7-2)16-31-24-17-30-19(4)15-25(26(24)29)33(20(5)27)14-13-18(3)32-23-12-11-22(23)28/h6-10,15,24,27,30-32H,3,11-14,16-17,28-29H2,1-2,4-5H3/b8-6+,9-7-,21-10+,27-20?. The number of hydrogen-bond acceptors (Lipinski definition) is 6. The van der Waals surface area contributed by atoms with Gasteiger partial charge in [-0.2, -0.15) is 0 Å². The van der Waals surface area contributed by atoms with Gasteiger partial charge in [0, 0.05) is 48.8 Å². The van der Waals surface area contributed by atoms with Crippen LogP contribution in [0.2, 0.25) is 0 Å². The van der Waals surface area contributed by atoms with Crippen molar-refractivity contribution >= 4 is 5.84 Å². The molecule has 1 heterocycles. The van der Waals surface area contributed by atoms with Crippen molar-refractivity contribution in [2.45, 2.75) is 53.0 Å². The Balaban J connectivity index is 2.17. The van der Waals surface area contributed by atoms with E-state index in [2.05, 4.69) is 34.7 Å². The van der Waals surface area contributed by atoms with Crippen LogP contribution in [0.5, 0.6) is 0 Å². The summed E-state index contributed by atoms with van der Waals surface area (Å²) in [6.07, 6.45) is 14.9. The van der Waals surface area contributed by atoms with Crippen molar-refractivity contribution in [3.63, 3.8) is 0 Å². The van der Waals surface area contributed by atoms with E-state index >= 15 is 0 Å². The highest BCUT2D eigenvalue weighted by atomic mass is 15.2. The zero-order chi connectivity index (χ0) is 24.4. The maximum atomic E-state index is 8.41. The summed E-state index contributed by atoms with van der Waals surface area (Å²) in [5.41, 5.74) is 19.3. The number of allylic oxidation sites excluding steroid dienone is 8. The molecule has 0 amide bonds. The van der Waals surface area contributed by atoms with Crippen LogP contribution >= 0.6 is 0 Å². The molecule has 1 atom stereocenters. The fourth-order valence-electron chi connectivity index (χ4n) is 3.68. The highest BCUT2D eigenvalue weighted by Gasteiger charge is 2.23. The monoisotopic (exact) mass is 451 g/mol. The van der Waals surface area contributed by atoms with E-state index in [1.165, 1.54) is 5.57 Å². The first-order chi connectivity index (χ1) is 15.8. The molecule has 180 valence electrons. The summed E-state index contributed by atoms with van der Waals surface area (Å²) in [5.74, 6) is 0.440. The largest absolute Gasteiger partial charge is 0.401 e. The number of nitrogens with one attached hydrogen (secondary N) is 4. The molecular weight excluding hydrogens is 410 g/mol. The van der Waals surface area contributed by atoms with Gasteiger partial charge in [0.15, 0.2) is 0 Å². The van der Waals surface area contributed by atoms with Gasteiger partial charge < -0.3 is 32.3 Å². The van der Waals surface area contributed by atoms with E-state index in [0.717, 1.165) is 47.0 Å². The Morgan fingerprint density at radius 1 is 1.30 bits per heavy atom. The number of nitrogens with zero attached hydrogens (tertiary/aromatic N) is 1. The Morgan fingerprint density at radius 3 is 2.64 bits per heavy atom. The molecule has 0 aromatic carbocycles. The molecule has 7 heteroatoms. The molecule has 0 fully saturated rings. The molecule has 0 saturated carbocycles. The Labute approximate surface area is 199 Å². The van der Waals surface area contributed by atoms with Crippen molar-refractivity contribution in [3.05, 3.63) is 82.8 Å². The lowest BCUT2D eigenvalue weighted by Gasteiger charge is -2.29. The van der Waals surface area contributed by atoms with Crippen LogP contribution in [0.3, 0.4) is 0 Å². The van der Waals surface area contributed by atoms with Crippen LogP contribution in [0.4, 0.5) is 0 Å². The first kappa shape index (κ1) is 26.1. The van der Waals surface area contributed by atoms with Crippen molar-refractivity contribution in [3.8, 4) is 0 Å². The number of rotatable bonds is 11. The molecule has 0 radical (unpaired) electrons. The predicted octanol–water partition coefficient (Wildman–Crippen LogP) is 3.46. The summed E-state index contributed by atoms with van der Waals surface area (Å²) >= 11 is 0. The first-order valence-electron chi connectivity index (χ1n) is 11.6. The normalized spacial score (nSPS) is 19.3. The van der Waals surface area contributed by atoms with Crippen LogP contribution in [-0.2, 0) is 0 Å². The fourth-order valence-corrected chi connectivity index (χ4v) is 3.68. The summed E-state index contributed by atoms with van der Waals surface area (Å²) < 4.78 is 0. The van der Waals surface area contributed by atoms with Crippen LogP contribution in [0.25, 0.3) is 0 Å². The summed E-state index contributed by atoms with van der Waals surface area (Å²) in [6, 6.07) is -0.0731. The van der Waals surface area contributed by atoms with Crippen LogP contribution in [-0.4, -0.2) is 36.4 Å². The van der Waals surface area contributed by atoms with Gasteiger partial charge in [0.05, 0.1) is 23.3 Å². The topological polar surface area (TPSA) is 115 Å². The molecule has 0 aromatic rings. The van der Waals surface area contributed by atoms with E-state index in [-0.39, 0.29) is 6.04 Å². The Bertz CT molecular complexity index is 915. The molecule has 2 rings (SSSR count). The van der Waals surface area contributed by atoms with Crippen molar-refractivity contribution in [2.24, 2.45) is 11.5 Å². The first-order valence-corrected chi connectivity index (χ1v) is 11.6. The van der Waals surface area contributed by atoms with E-state index in [1.807, 2.05) is 50.0 Å². The van der Waals surface area contributed by atoms with E-state index in [1.54, 1.807) is 6.92 Å². The summed E-state index contributed by atoms with van der Waals surface area (Å²) in [7, 11) is 0. The molecule has 1 aliphatic carbocycles. The van der Waals surface area contributed by atoms with Crippen molar-refractivity contribution in [2.75, 3.05) is 19.6 Å². The quantitative estimate of drug-likeness (QED) is 0.163. The van der Waals surface area contributed by atoms with E-state index in [0.29, 0.717) is 31.9 Å². The lowest BCUT2D eigenvalue weighted by molar-refractivity contribution is 0.493. The molecule has 33 heavy (non-hydrogen) atoms. The van der Waals surface area contributed by atoms with Gasteiger partial charge in [0.1, 0.15) is 0 Å². The number of hydrogen-bond donors (Lipinski definition) is 6. The van der Waals surface area contributed by atoms with Crippen LogP contribution in [0.1, 0.15) is 47.0 Å². The van der Waals surface area contributed by atoms with Crippen LogP contribution < -0.4 is 27.4 Å². The molecule has 1 aliphatic heterocycles. The molecule has 0 spiro atoms. The molecule has 8 N–H and O–H groups in total. The summed E-state index contributed by atoms with van der Waals surface area (Å²) in [6.45, 7) is 13.9. The molecule has 0 aromatic heterocycles. The van der Waals surface area contributed by atoms with Crippen molar-refractivity contribution in [1.82, 2.24) is 20.9 Å². The third-order valence-corrected chi connectivity index (χ3v) is 5.74. The second-order valence-corrected chi connectivity index (χ2v) is 8.47. The Morgan fingerprint density at radius 2 is 2.06 bits per heavy atom.